The lowest BCUT2D eigenvalue weighted by atomic mass is 10.0. The number of rotatable bonds is 11. The van der Waals surface area contributed by atoms with Gasteiger partial charge in [0.25, 0.3) is 0 Å². The van der Waals surface area contributed by atoms with E-state index in [2.05, 4.69) is 60.6 Å². The molecule has 0 atom stereocenters. The van der Waals surface area contributed by atoms with Gasteiger partial charge in [0.1, 0.15) is 5.75 Å². The summed E-state index contributed by atoms with van der Waals surface area (Å²) in [5.41, 5.74) is 1.29. The van der Waals surface area contributed by atoms with Crippen LogP contribution in [0.2, 0.25) is 0 Å². The first-order valence-corrected chi connectivity index (χ1v) is 9.60. The zero-order valence-corrected chi connectivity index (χ0v) is 15.9. The highest BCUT2D eigenvalue weighted by Crippen LogP contribution is 2.29. The normalized spacial score (nSPS) is 11.1. The van der Waals surface area contributed by atoms with E-state index < -0.39 is 0 Å². The summed E-state index contributed by atoms with van der Waals surface area (Å²) < 4.78 is 7.09. The van der Waals surface area contributed by atoms with E-state index in [9.17, 15) is 0 Å². The van der Waals surface area contributed by atoms with Gasteiger partial charge in [-0.05, 0) is 48.3 Å². The number of unbranched alkanes of at least 4 members (excludes halogenated alkanes) is 6. The highest BCUT2D eigenvalue weighted by molar-refractivity contribution is 9.10. The predicted octanol–water partition coefficient (Wildman–Crippen LogP) is 6.61. The summed E-state index contributed by atoms with van der Waals surface area (Å²) in [5, 5.41) is 0. The molecule has 0 radical (unpaired) electrons. The van der Waals surface area contributed by atoms with Gasteiger partial charge in [-0.3, -0.25) is 0 Å². The Bertz CT molecular complexity index is 393. The lowest BCUT2D eigenvalue weighted by molar-refractivity contribution is 0.300. The van der Waals surface area contributed by atoms with E-state index in [-0.39, 0.29) is 0 Å². The third-order valence-electron chi connectivity index (χ3n) is 3.65. The number of benzene rings is 1. The molecular weight excluding hydrogens is 344 g/mol. The minimum absolute atomic E-state index is 0.490. The highest BCUT2D eigenvalue weighted by atomic mass is 79.9. The van der Waals surface area contributed by atoms with E-state index in [1.165, 1.54) is 44.1 Å². The largest absolute Gasteiger partial charge is 0.493 e. The minimum atomic E-state index is 0.490. The Morgan fingerprint density at radius 1 is 1.00 bits per heavy atom. The van der Waals surface area contributed by atoms with Gasteiger partial charge in [-0.1, -0.05) is 61.9 Å². The van der Waals surface area contributed by atoms with E-state index in [4.69, 9.17) is 4.74 Å². The summed E-state index contributed by atoms with van der Waals surface area (Å²) in [4.78, 5) is 0. The van der Waals surface area contributed by atoms with E-state index >= 15 is 0 Å². The molecule has 3 heteroatoms. The molecule has 21 heavy (non-hydrogen) atoms. The number of hydrogen-bond acceptors (Lipinski definition) is 2. The van der Waals surface area contributed by atoms with Crippen molar-refractivity contribution in [2.75, 3.05) is 12.4 Å². The molecule has 1 rings (SSSR count). The topological polar surface area (TPSA) is 9.23 Å². The third kappa shape index (κ3) is 8.15. The molecule has 0 bridgehead atoms. The van der Waals surface area contributed by atoms with Crippen LogP contribution in [0, 0.1) is 0 Å². The van der Waals surface area contributed by atoms with Crippen molar-refractivity contribution >= 4 is 28.6 Å². The Morgan fingerprint density at radius 3 is 2.24 bits per heavy atom. The molecule has 0 aromatic heterocycles. The van der Waals surface area contributed by atoms with Crippen molar-refractivity contribution in [1.82, 2.24) is 0 Å². The van der Waals surface area contributed by atoms with Crippen molar-refractivity contribution in [2.45, 2.75) is 64.7 Å². The molecular formula is C18H29BrOS. The maximum absolute atomic E-state index is 5.97. The Balaban J connectivity index is 2.18. The Kier molecular flexibility index (Phi) is 10.3. The molecule has 0 saturated carbocycles. The fraction of sp³-hybridized carbons (Fsp3) is 0.667. The number of halogens is 1. The molecule has 1 aromatic rings. The Labute approximate surface area is 144 Å². The first kappa shape index (κ1) is 18.9. The van der Waals surface area contributed by atoms with Gasteiger partial charge in [-0.2, -0.15) is 12.6 Å². The lowest BCUT2D eigenvalue weighted by Crippen LogP contribution is -2.01. The maximum Gasteiger partial charge on any atom is 0.122 e. The molecule has 0 saturated heterocycles. The SMILES string of the molecule is CC(C)c1cc(Br)ccc1OCCCCCCCCCS. The lowest BCUT2D eigenvalue weighted by Gasteiger charge is -2.14. The van der Waals surface area contributed by atoms with Crippen LogP contribution in [0.1, 0.15) is 70.3 Å². The first-order chi connectivity index (χ1) is 10.1. The highest BCUT2D eigenvalue weighted by Gasteiger charge is 2.08. The summed E-state index contributed by atoms with van der Waals surface area (Å²) >= 11 is 7.77. The Hall–Kier alpha value is -0.150. The molecule has 0 unspecified atom stereocenters. The van der Waals surface area contributed by atoms with Crippen LogP contribution in [0.3, 0.4) is 0 Å². The van der Waals surface area contributed by atoms with Gasteiger partial charge in [-0.15, -0.1) is 0 Å². The van der Waals surface area contributed by atoms with Gasteiger partial charge in [0.05, 0.1) is 6.61 Å². The molecule has 0 heterocycles. The zero-order valence-electron chi connectivity index (χ0n) is 13.4. The molecule has 0 N–H and O–H groups in total. The number of hydrogen-bond donors (Lipinski definition) is 1. The van der Waals surface area contributed by atoms with Gasteiger partial charge < -0.3 is 4.74 Å². The fourth-order valence-corrected chi connectivity index (χ4v) is 2.98. The molecule has 0 aliphatic carbocycles. The second-order valence-electron chi connectivity index (χ2n) is 5.88. The van der Waals surface area contributed by atoms with Crippen LogP contribution in [-0.2, 0) is 0 Å². The predicted molar refractivity (Wildman–Crippen MR) is 99.9 cm³/mol. The monoisotopic (exact) mass is 372 g/mol. The second-order valence-corrected chi connectivity index (χ2v) is 7.25. The van der Waals surface area contributed by atoms with Crippen molar-refractivity contribution < 1.29 is 4.74 Å². The van der Waals surface area contributed by atoms with Crippen LogP contribution in [0.5, 0.6) is 5.75 Å². The molecule has 120 valence electrons. The van der Waals surface area contributed by atoms with Crippen LogP contribution in [0.4, 0.5) is 0 Å². The quantitative estimate of drug-likeness (QED) is 0.339. The van der Waals surface area contributed by atoms with Crippen LogP contribution in [-0.4, -0.2) is 12.4 Å². The van der Waals surface area contributed by atoms with Gasteiger partial charge in [0, 0.05) is 4.47 Å². The number of thiol groups is 1. The van der Waals surface area contributed by atoms with Crippen LogP contribution < -0.4 is 4.74 Å². The summed E-state index contributed by atoms with van der Waals surface area (Å²) in [6.07, 6.45) is 9.04. The summed E-state index contributed by atoms with van der Waals surface area (Å²) in [6.45, 7) is 5.25. The molecule has 0 spiro atoms. The maximum atomic E-state index is 5.97. The van der Waals surface area contributed by atoms with Crippen LogP contribution in [0.15, 0.2) is 22.7 Å². The van der Waals surface area contributed by atoms with Crippen molar-refractivity contribution in [2.24, 2.45) is 0 Å². The Morgan fingerprint density at radius 2 is 1.62 bits per heavy atom. The zero-order chi connectivity index (χ0) is 15.5. The van der Waals surface area contributed by atoms with Gasteiger partial charge in [-0.25, -0.2) is 0 Å². The van der Waals surface area contributed by atoms with Crippen molar-refractivity contribution in [3.05, 3.63) is 28.2 Å². The van der Waals surface area contributed by atoms with Gasteiger partial charge in [0.2, 0.25) is 0 Å². The smallest absolute Gasteiger partial charge is 0.122 e. The van der Waals surface area contributed by atoms with E-state index in [0.29, 0.717) is 5.92 Å². The van der Waals surface area contributed by atoms with E-state index in [1.807, 2.05) is 0 Å². The average molecular weight is 373 g/mol. The molecule has 0 fully saturated rings. The summed E-state index contributed by atoms with van der Waals surface area (Å²) in [7, 11) is 0. The molecule has 0 aliphatic rings. The second kappa shape index (κ2) is 11.4. The van der Waals surface area contributed by atoms with E-state index in [0.717, 1.165) is 29.0 Å². The van der Waals surface area contributed by atoms with E-state index in [1.54, 1.807) is 0 Å². The van der Waals surface area contributed by atoms with Crippen molar-refractivity contribution in [3.63, 3.8) is 0 Å². The molecule has 1 aromatic carbocycles. The van der Waals surface area contributed by atoms with Gasteiger partial charge >= 0.3 is 0 Å². The standard InChI is InChI=1S/C18H29BrOS/c1-15(2)17-14-16(19)10-11-18(17)20-12-8-6-4-3-5-7-9-13-21/h10-11,14-15,21H,3-9,12-13H2,1-2H3. The van der Waals surface area contributed by atoms with Crippen molar-refractivity contribution in [3.8, 4) is 5.75 Å². The summed E-state index contributed by atoms with van der Waals surface area (Å²) in [5.74, 6) is 2.56. The average Bonchev–Trinajstić information content (AvgIpc) is 2.46. The first-order valence-electron chi connectivity index (χ1n) is 8.18. The molecule has 0 amide bonds. The minimum Gasteiger partial charge on any atom is -0.493 e. The van der Waals surface area contributed by atoms with Crippen LogP contribution in [0.25, 0.3) is 0 Å². The number of ether oxygens (including phenoxy) is 1. The van der Waals surface area contributed by atoms with Crippen molar-refractivity contribution in [1.29, 1.82) is 0 Å². The summed E-state index contributed by atoms with van der Waals surface area (Å²) in [6, 6.07) is 6.31. The molecule has 1 nitrogen and oxygen atoms in total. The fourth-order valence-electron chi connectivity index (χ4n) is 2.38. The van der Waals surface area contributed by atoms with Gasteiger partial charge in [0.15, 0.2) is 0 Å². The third-order valence-corrected chi connectivity index (χ3v) is 4.46. The van der Waals surface area contributed by atoms with Crippen LogP contribution >= 0.6 is 28.6 Å². The molecule has 0 aliphatic heterocycles.